The molecule has 6 N–H and O–H groups in total. The topological polar surface area (TPSA) is 200 Å². The molecule has 2 aromatic carbocycles. The van der Waals surface area contributed by atoms with Gasteiger partial charge in [0.1, 0.15) is 24.2 Å². The summed E-state index contributed by atoms with van der Waals surface area (Å²) in [5, 5.41) is 17.9. The number of thioether (sulfide) groups is 2. The molecule has 4 fully saturated rings. The average Bonchev–Trinajstić information content (AvgIpc) is 3.66. The average molecular weight is 1010 g/mol. The van der Waals surface area contributed by atoms with E-state index in [0.29, 0.717) is 50.4 Å². The number of unbranched alkanes of at least 4 members (excludes halogenated alkanes) is 3. The molecule has 0 aliphatic carbocycles. The Hall–Kier alpha value is -4.20. The highest BCUT2D eigenvalue weighted by Gasteiger charge is 2.56. The van der Waals surface area contributed by atoms with Gasteiger partial charge in [0.05, 0.1) is 48.1 Å². The van der Waals surface area contributed by atoms with Gasteiger partial charge < -0.3 is 51.2 Å². The van der Waals surface area contributed by atoms with E-state index in [1.807, 2.05) is 88.4 Å². The van der Waals surface area contributed by atoms with E-state index >= 15 is 0 Å². The summed E-state index contributed by atoms with van der Waals surface area (Å²) in [6.45, 7) is 13.2. The maximum atomic E-state index is 14.4. The van der Waals surface area contributed by atoms with Gasteiger partial charge in [0.25, 0.3) is 0 Å². The van der Waals surface area contributed by atoms with Crippen LogP contribution in [0.3, 0.4) is 0 Å². The molecule has 6 rings (SSSR count). The number of hydrogen-bond acceptors (Lipinski definition) is 12. The van der Waals surface area contributed by atoms with Gasteiger partial charge in [-0.15, -0.1) is 23.5 Å². The van der Waals surface area contributed by atoms with Crippen molar-refractivity contribution < 1.29 is 38.2 Å². The number of benzene rings is 2. The number of hydrogen-bond donors (Lipinski definition) is 6. The van der Waals surface area contributed by atoms with Gasteiger partial charge in [-0.1, -0.05) is 101 Å². The van der Waals surface area contributed by atoms with Crippen molar-refractivity contribution in [3.8, 4) is 0 Å². The van der Waals surface area contributed by atoms with Crippen molar-refractivity contribution in [3.63, 3.8) is 0 Å². The monoisotopic (exact) mass is 1010 g/mol. The van der Waals surface area contributed by atoms with Gasteiger partial charge in [-0.2, -0.15) is 0 Å². The Labute approximate surface area is 423 Å². The minimum Gasteiger partial charge on any atom is -0.379 e. The second kappa shape index (κ2) is 25.5. The Morgan fingerprint density at radius 3 is 1.34 bits per heavy atom. The molecule has 0 spiro atoms. The van der Waals surface area contributed by atoms with Crippen molar-refractivity contribution in [1.29, 1.82) is 0 Å². The van der Waals surface area contributed by atoms with Crippen LogP contribution >= 0.6 is 23.5 Å². The molecule has 4 unspecified atom stereocenters. The second-order valence-corrected chi connectivity index (χ2v) is 23.1. The predicted octanol–water partition coefficient (Wildman–Crippen LogP) is 4.66. The van der Waals surface area contributed by atoms with Crippen molar-refractivity contribution in [2.45, 2.75) is 152 Å². The molecule has 0 saturated carbocycles. The largest absolute Gasteiger partial charge is 0.379 e. The van der Waals surface area contributed by atoms with Gasteiger partial charge in [-0.25, -0.2) is 0 Å². The third kappa shape index (κ3) is 13.8. The highest BCUT2D eigenvalue weighted by atomic mass is 32.2. The Kier molecular flexibility index (Phi) is 20.0. The summed E-state index contributed by atoms with van der Waals surface area (Å²) < 4.78 is 12.4. The Morgan fingerprint density at radius 1 is 0.614 bits per heavy atom. The summed E-state index contributed by atoms with van der Waals surface area (Å²) >= 11 is 3.34. The third-order valence-electron chi connectivity index (χ3n) is 14.3. The van der Waals surface area contributed by atoms with Crippen molar-refractivity contribution in [3.05, 3.63) is 71.8 Å². The lowest BCUT2D eigenvalue weighted by Gasteiger charge is -2.35. The zero-order valence-electron chi connectivity index (χ0n) is 42.4. The molecule has 18 heteroatoms. The Bertz CT molecular complexity index is 1940. The standard InChI is InChI=1S/C52H78N8O8S2/c1-33(53-7)45(61)55-37-23-27-69-41-29-51(3,4)43(59(41)49(37)65)47(63)57-39(35-19-13-11-14-20-35)31-67-25-17-9-10-18-26-68-32-40(36-21-15-12-16-22-36)58-48(64)44-52(5,6)30-42-60(44)50(66)38(24-28-70-42)56-46(62)34(2)54-8/h11-16,19-22,33-34,37-44,53-54H,9-10,17-18,23-32H2,1-8H3,(H,55,61)(H,56,62)(H,57,63)(H,58,64)/t33?,34?,37-,38-,39?,40?,41-,42-,43+,44+/m0/s1. The predicted molar refractivity (Wildman–Crippen MR) is 275 cm³/mol. The highest BCUT2D eigenvalue weighted by Crippen LogP contribution is 2.48. The molecule has 0 bridgehead atoms. The molecule has 0 aromatic heterocycles. The summed E-state index contributed by atoms with van der Waals surface area (Å²) in [6.07, 6.45) is 5.80. The molecule has 6 amide bonds. The van der Waals surface area contributed by atoms with Gasteiger partial charge in [0.15, 0.2) is 0 Å². The Morgan fingerprint density at radius 2 is 0.986 bits per heavy atom. The molecule has 4 aliphatic heterocycles. The number of amides is 6. The fourth-order valence-corrected chi connectivity index (χ4v) is 13.2. The normalized spacial score (nSPS) is 25.6. The van der Waals surface area contributed by atoms with Gasteiger partial charge in [-0.3, -0.25) is 28.8 Å². The fourth-order valence-electron chi connectivity index (χ4n) is 10.0. The van der Waals surface area contributed by atoms with E-state index in [9.17, 15) is 28.8 Å². The summed E-state index contributed by atoms with van der Waals surface area (Å²) in [7, 11) is 3.41. The van der Waals surface area contributed by atoms with Crippen LogP contribution in [0.4, 0.5) is 0 Å². The van der Waals surface area contributed by atoms with Crippen LogP contribution in [0.25, 0.3) is 0 Å². The maximum absolute atomic E-state index is 14.4. The van der Waals surface area contributed by atoms with Crippen LogP contribution in [0.5, 0.6) is 0 Å². The van der Waals surface area contributed by atoms with Crippen molar-refractivity contribution >= 4 is 59.0 Å². The first kappa shape index (κ1) is 55.1. The molecule has 4 heterocycles. The second-order valence-electron chi connectivity index (χ2n) is 20.6. The van der Waals surface area contributed by atoms with Crippen molar-refractivity contribution in [2.75, 3.05) is 52.0 Å². The first-order valence-electron chi connectivity index (χ1n) is 25.2. The van der Waals surface area contributed by atoms with E-state index in [0.717, 1.165) is 36.8 Å². The molecule has 70 heavy (non-hydrogen) atoms. The van der Waals surface area contributed by atoms with Crippen molar-refractivity contribution in [1.82, 2.24) is 41.7 Å². The van der Waals surface area contributed by atoms with E-state index in [-0.39, 0.29) is 59.4 Å². The number of carbonyl (C=O) groups is 6. The van der Waals surface area contributed by atoms with Crippen LogP contribution in [0, 0.1) is 10.8 Å². The van der Waals surface area contributed by atoms with E-state index < -0.39 is 59.2 Å². The van der Waals surface area contributed by atoms with Gasteiger partial charge >= 0.3 is 0 Å². The quantitative estimate of drug-likeness (QED) is 0.0844. The number of rotatable bonds is 23. The van der Waals surface area contributed by atoms with Crippen LogP contribution in [-0.4, -0.2) is 144 Å². The summed E-state index contributed by atoms with van der Waals surface area (Å²) in [6, 6.07) is 14.9. The van der Waals surface area contributed by atoms with Crippen LogP contribution < -0.4 is 31.9 Å². The van der Waals surface area contributed by atoms with E-state index in [2.05, 4.69) is 31.9 Å². The minimum absolute atomic E-state index is 0.163. The maximum Gasteiger partial charge on any atom is 0.246 e. The first-order chi connectivity index (χ1) is 33.5. The number of nitrogens with one attached hydrogen (secondary N) is 6. The molecule has 4 saturated heterocycles. The van der Waals surface area contributed by atoms with Gasteiger partial charge in [-0.05, 0) is 99.9 Å². The lowest BCUT2D eigenvalue weighted by atomic mass is 9.83. The van der Waals surface area contributed by atoms with Crippen LogP contribution in [0.2, 0.25) is 0 Å². The molecule has 10 atom stereocenters. The van der Waals surface area contributed by atoms with Crippen LogP contribution in [0.15, 0.2) is 60.7 Å². The first-order valence-corrected chi connectivity index (χ1v) is 27.3. The smallest absolute Gasteiger partial charge is 0.246 e. The third-order valence-corrected chi connectivity index (χ3v) is 16.8. The molecule has 0 radical (unpaired) electrons. The Balaban J connectivity index is 0.978. The SMILES string of the molecule is CNC(C)C(=O)N[C@H]1CCS[C@H]2CC(C)(C)[C@@H](C(=O)NC(COCCCCCCOCC(NC(=O)[C@H]3N4C(=O)[C@@H](NC(=O)C(C)NC)CCS[C@H]4CC3(C)C)c3ccccc3)c3ccccc3)N2C1=O. The molecule has 386 valence electrons. The van der Waals surface area contributed by atoms with E-state index in [1.165, 1.54) is 0 Å². The lowest BCUT2D eigenvalue weighted by molar-refractivity contribution is -0.144. The summed E-state index contributed by atoms with van der Waals surface area (Å²) in [5.41, 5.74) is 0.831. The van der Waals surface area contributed by atoms with Gasteiger partial charge in [0, 0.05) is 13.2 Å². The molecular formula is C52H78N8O8S2. The molecular weight excluding hydrogens is 929 g/mol. The highest BCUT2D eigenvalue weighted by molar-refractivity contribution is 8.00. The van der Waals surface area contributed by atoms with E-state index in [4.69, 9.17) is 9.47 Å². The number of likely N-dealkylation sites (N-methyl/N-ethyl adjacent to an activating group) is 2. The molecule has 16 nitrogen and oxygen atoms in total. The van der Waals surface area contributed by atoms with Crippen LogP contribution in [0.1, 0.15) is 116 Å². The summed E-state index contributed by atoms with van der Waals surface area (Å²) in [5.74, 6) is -0.00348. The number of ether oxygens (including phenoxy) is 2. The zero-order valence-corrected chi connectivity index (χ0v) is 44.1. The van der Waals surface area contributed by atoms with Crippen molar-refractivity contribution in [2.24, 2.45) is 10.8 Å². The number of fused-ring (bicyclic) bond motifs is 2. The number of nitrogens with zero attached hydrogens (tertiary/aromatic N) is 2. The lowest BCUT2D eigenvalue weighted by Crippen LogP contribution is -2.58. The molecule has 2 aromatic rings. The van der Waals surface area contributed by atoms with Crippen LogP contribution in [-0.2, 0) is 38.2 Å². The fraction of sp³-hybridized carbons (Fsp3) is 0.654. The van der Waals surface area contributed by atoms with E-state index in [1.54, 1.807) is 61.3 Å². The zero-order chi connectivity index (χ0) is 50.6. The molecule has 4 aliphatic rings. The van der Waals surface area contributed by atoms with Gasteiger partial charge in [0.2, 0.25) is 35.4 Å². The summed E-state index contributed by atoms with van der Waals surface area (Å²) in [4.78, 5) is 86.1. The number of carbonyl (C=O) groups excluding carboxylic acids is 6. The minimum atomic E-state index is -0.720.